The number of hydrogen-bond donors (Lipinski definition) is 2. The molecular weight excluding hydrogens is 315 g/mol. The van der Waals surface area contributed by atoms with Gasteiger partial charge in [-0.25, -0.2) is 0 Å². The van der Waals surface area contributed by atoms with Crippen LogP contribution in [0.25, 0.3) is 0 Å². The van der Waals surface area contributed by atoms with Crippen LogP contribution in [-0.4, -0.2) is 41.5 Å². The Morgan fingerprint density at radius 3 is 2.67 bits per heavy atom. The average Bonchev–Trinajstić information content (AvgIpc) is 2.36. The van der Waals surface area contributed by atoms with Gasteiger partial charge in [0.25, 0.3) is 0 Å². The first-order valence-corrected chi connectivity index (χ1v) is 7.31. The van der Waals surface area contributed by atoms with Gasteiger partial charge in [-0.15, -0.1) is 0 Å². The quantitative estimate of drug-likeness (QED) is 0.870. The molecule has 5 nitrogen and oxygen atoms in total. The number of nitrogens with one attached hydrogen (secondary N) is 1. The number of rotatable bonds is 5. The fourth-order valence-electron chi connectivity index (χ4n) is 2.34. The van der Waals surface area contributed by atoms with Crippen molar-refractivity contribution < 1.29 is 14.7 Å². The largest absolute Gasteiger partial charge is 0.481 e. The van der Waals surface area contributed by atoms with Crippen molar-refractivity contribution in [3.8, 4) is 0 Å². The zero-order chi connectivity index (χ0) is 15.6. The third-order valence-electron chi connectivity index (χ3n) is 3.41. The summed E-state index contributed by atoms with van der Waals surface area (Å²) >= 11 is 12.2. The van der Waals surface area contributed by atoms with Gasteiger partial charge in [-0.1, -0.05) is 29.3 Å². The normalized spacial score (nSPS) is 15.6. The molecule has 0 atom stereocenters. The molecule has 0 aliphatic carbocycles. The summed E-state index contributed by atoms with van der Waals surface area (Å²) in [5, 5.41) is 12.2. The molecule has 7 heteroatoms. The summed E-state index contributed by atoms with van der Waals surface area (Å²) in [7, 11) is 0. The van der Waals surface area contributed by atoms with Gasteiger partial charge in [0.05, 0.1) is 28.7 Å². The molecule has 1 saturated heterocycles. The number of carboxylic acid groups (broad SMARTS) is 1. The molecule has 1 aliphatic heterocycles. The lowest BCUT2D eigenvalue weighted by Crippen LogP contribution is -2.50. The van der Waals surface area contributed by atoms with E-state index in [4.69, 9.17) is 28.3 Å². The number of aryl methyl sites for hydroxylation is 1. The second-order valence-electron chi connectivity index (χ2n) is 5.26. The number of carboxylic acids is 1. The van der Waals surface area contributed by atoms with Crippen LogP contribution in [0.2, 0.25) is 10.0 Å². The van der Waals surface area contributed by atoms with Crippen LogP contribution in [0, 0.1) is 12.8 Å². The molecule has 0 saturated carbocycles. The number of anilines is 1. The van der Waals surface area contributed by atoms with Crippen molar-refractivity contribution >= 4 is 40.8 Å². The first-order valence-electron chi connectivity index (χ1n) is 6.55. The maximum Gasteiger partial charge on any atom is 0.303 e. The van der Waals surface area contributed by atoms with Crippen LogP contribution < -0.4 is 5.32 Å². The standard InChI is InChI=1S/C14H16Cl2N2O3/c1-8-2-3-10(15)14(13(8)16)17-11(19)7-18-5-9(6-18)4-12(20)21/h2-3,9H,4-7H2,1H3,(H,17,19)(H,20,21). The van der Waals surface area contributed by atoms with E-state index in [1.165, 1.54) is 0 Å². The molecule has 1 amide bonds. The van der Waals surface area contributed by atoms with Gasteiger partial charge in [0, 0.05) is 13.1 Å². The van der Waals surface area contributed by atoms with Gasteiger partial charge in [-0.3, -0.25) is 14.5 Å². The van der Waals surface area contributed by atoms with Crippen molar-refractivity contribution in [1.82, 2.24) is 4.90 Å². The second kappa shape index (κ2) is 6.64. The molecule has 2 rings (SSSR count). The lowest BCUT2D eigenvalue weighted by Gasteiger charge is -2.37. The van der Waals surface area contributed by atoms with Gasteiger partial charge in [0.2, 0.25) is 5.91 Å². The summed E-state index contributed by atoms with van der Waals surface area (Å²) in [6, 6.07) is 3.47. The van der Waals surface area contributed by atoms with Gasteiger partial charge < -0.3 is 10.4 Å². The molecule has 0 spiro atoms. The summed E-state index contributed by atoms with van der Waals surface area (Å²) in [4.78, 5) is 24.4. The van der Waals surface area contributed by atoms with E-state index in [1.807, 2.05) is 11.8 Å². The fraction of sp³-hybridized carbons (Fsp3) is 0.429. The van der Waals surface area contributed by atoms with E-state index in [1.54, 1.807) is 12.1 Å². The third kappa shape index (κ3) is 4.09. The summed E-state index contributed by atoms with van der Waals surface area (Å²) in [5.41, 5.74) is 1.26. The third-order valence-corrected chi connectivity index (χ3v) is 4.21. The van der Waals surface area contributed by atoms with E-state index in [9.17, 15) is 9.59 Å². The van der Waals surface area contributed by atoms with Gasteiger partial charge in [-0.2, -0.15) is 0 Å². The second-order valence-corrected chi connectivity index (χ2v) is 6.04. The predicted molar refractivity (Wildman–Crippen MR) is 82.0 cm³/mol. The van der Waals surface area contributed by atoms with Crippen LogP contribution in [0.1, 0.15) is 12.0 Å². The fourth-order valence-corrected chi connectivity index (χ4v) is 2.80. The predicted octanol–water partition coefficient (Wildman–Crippen LogP) is 2.65. The molecule has 1 aliphatic rings. The van der Waals surface area contributed by atoms with E-state index < -0.39 is 5.97 Å². The Kier molecular flexibility index (Phi) is 5.08. The zero-order valence-corrected chi connectivity index (χ0v) is 13.0. The van der Waals surface area contributed by atoms with Crippen molar-refractivity contribution in [2.75, 3.05) is 25.0 Å². The number of halogens is 2. The van der Waals surface area contributed by atoms with Crippen LogP contribution in [-0.2, 0) is 9.59 Å². The van der Waals surface area contributed by atoms with Crippen LogP contribution in [0.3, 0.4) is 0 Å². The monoisotopic (exact) mass is 330 g/mol. The number of aliphatic carboxylic acids is 1. The first kappa shape index (κ1) is 16.1. The number of nitrogens with zero attached hydrogens (tertiary/aromatic N) is 1. The van der Waals surface area contributed by atoms with Gasteiger partial charge in [0.15, 0.2) is 0 Å². The minimum absolute atomic E-state index is 0.126. The number of benzene rings is 1. The molecule has 1 aromatic carbocycles. The molecule has 0 aromatic heterocycles. The van der Waals surface area contributed by atoms with Crippen LogP contribution in [0.4, 0.5) is 5.69 Å². The summed E-state index contributed by atoms with van der Waals surface area (Å²) in [6.07, 6.45) is 0.146. The highest BCUT2D eigenvalue weighted by molar-refractivity contribution is 6.40. The highest BCUT2D eigenvalue weighted by atomic mass is 35.5. The van der Waals surface area contributed by atoms with E-state index in [-0.39, 0.29) is 24.8 Å². The summed E-state index contributed by atoms with van der Waals surface area (Å²) < 4.78 is 0. The topological polar surface area (TPSA) is 69.6 Å². The number of hydrogen-bond acceptors (Lipinski definition) is 3. The SMILES string of the molecule is Cc1ccc(Cl)c(NC(=O)CN2CC(CC(=O)O)C2)c1Cl. The summed E-state index contributed by atoms with van der Waals surface area (Å²) in [5.74, 6) is -0.887. The number of amides is 1. The Hall–Kier alpha value is -1.30. The molecule has 0 radical (unpaired) electrons. The van der Waals surface area contributed by atoms with Gasteiger partial charge in [0.1, 0.15) is 0 Å². The molecule has 1 fully saturated rings. The Morgan fingerprint density at radius 2 is 2.05 bits per heavy atom. The number of likely N-dealkylation sites (tertiary alicyclic amines) is 1. The highest BCUT2D eigenvalue weighted by Crippen LogP contribution is 2.32. The Bertz CT molecular complexity index is 572. The maximum atomic E-state index is 12.0. The molecule has 1 heterocycles. The van der Waals surface area contributed by atoms with E-state index in [2.05, 4.69) is 5.32 Å². The number of carbonyl (C=O) groups is 2. The van der Waals surface area contributed by atoms with Crippen LogP contribution in [0.5, 0.6) is 0 Å². The minimum atomic E-state index is -0.803. The van der Waals surface area contributed by atoms with Crippen molar-refractivity contribution in [2.24, 2.45) is 5.92 Å². The van der Waals surface area contributed by atoms with Gasteiger partial charge >= 0.3 is 5.97 Å². The van der Waals surface area contributed by atoms with Crippen LogP contribution >= 0.6 is 23.2 Å². The zero-order valence-electron chi connectivity index (χ0n) is 11.5. The lowest BCUT2D eigenvalue weighted by molar-refractivity contribution is -0.139. The molecular formula is C14H16Cl2N2O3. The smallest absolute Gasteiger partial charge is 0.303 e. The molecule has 0 bridgehead atoms. The van der Waals surface area contributed by atoms with Crippen molar-refractivity contribution in [3.63, 3.8) is 0 Å². The molecule has 21 heavy (non-hydrogen) atoms. The first-order chi connectivity index (χ1) is 9.86. The average molecular weight is 331 g/mol. The molecule has 0 unspecified atom stereocenters. The van der Waals surface area contributed by atoms with Crippen molar-refractivity contribution in [1.29, 1.82) is 0 Å². The Balaban J connectivity index is 1.87. The highest BCUT2D eigenvalue weighted by Gasteiger charge is 2.29. The van der Waals surface area contributed by atoms with Crippen molar-refractivity contribution in [3.05, 3.63) is 27.7 Å². The molecule has 2 N–H and O–H groups in total. The minimum Gasteiger partial charge on any atom is -0.481 e. The number of carbonyl (C=O) groups excluding carboxylic acids is 1. The van der Waals surface area contributed by atoms with Gasteiger partial charge in [-0.05, 0) is 24.5 Å². The van der Waals surface area contributed by atoms with E-state index in [0.29, 0.717) is 28.8 Å². The summed E-state index contributed by atoms with van der Waals surface area (Å²) in [6.45, 7) is 3.28. The van der Waals surface area contributed by atoms with Crippen molar-refractivity contribution in [2.45, 2.75) is 13.3 Å². The Morgan fingerprint density at radius 1 is 1.38 bits per heavy atom. The van der Waals surface area contributed by atoms with E-state index in [0.717, 1.165) is 5.56 Å². The lowest BCUT2D eigenvalue weighted by atomic mass is 9.96. The molecule has 114 valence electrons. The maximum absolute atomic E-state index is 12.0. The van der Waals surface area contributed by atoms with E-state index >= 15 is 0 Å². The Labute approximate surface area is 132 Å². The van der Waals surface area contributed by atoms with Crippen LogP contribution in [0.15, 0.2) is 12.1 Å². The molecule has 1 aromatic rings.